The van der Waals surface area contributed by atoms with E-state index in [1.165, 1.54) is 13.0 Å². The third kappa shape index (κ3) is 5.41. The minimum atomic E-state index is -4.52. The second-order valence-corrected chi connectivity index (χ2v) is 9.69. The normalized spacial score (nSPS) is 11.7. The monoisotopic (exact) mass is 539 g/mol. The molecule has 9 nitrogen and oxygen atoms in total. The van der Waals surface area contributed by atoms with Gasteiger partial charge in [-0.25, -0.2) is 0 Å². The fourth-order valence-corrected chi connectivity index (χ4v) is 4.77. The molecule has 0 aliphatic heterocycles. The lowest BCUT2D eigenvalue weighted by atomic mass is 10.0. The lowest BCUT2D eigenvalue weighted by Crippen LogP contribution is -2.13. The highest BCUT2D eigenvalue weighted by atomic mass is 35.5. The maximum atomic E-state index is 13.2. The van der Waals surface area contributed by atoms with Crippen LogP contribution in [0.5, 0.6) is 11.5 Å². The van der Waals surface area contributed by atoms with Crippen LogP contribution in [0.15, 0.2) is 81.9 Å². The van der Waals surface area contributed by atoms with Crippen LogP contribution in [0.2, 0.25) is 5.02 Å². The fraction of sp³-hybridized carbons (Fsp3) is 0.115. The number of phenolic OH excluding ortho intramolecular Hbond substituents is 1. The topological polar surface area (TPSA) is 138 Å². The summed E-state index contributed by atoms with van der Waals surface area (Å²) in [6.07, 6.45) is 0. The van der Waals surface area contributed by atoms with Crippen molar-refractivity contribution in [2.45, 2.75) is 18.7 Å². The number of benzene rings is 4. The number of hydrogen-bond donors (Lipinski definition) is 3. The first-order valence-electron chi connectivity index (χ1n) is 11.1. The van der Waals surface area contributed by atoms with E-state index in [0.717, 1.165) is 6.07 Å². The summed E-state index contributed by atoms with van der Waals surface area (Å²) in [7, 11) is -4.52. The summed E-state index contributed by atoms with van der Waals surface area (Å²) in [5.41, 5.74) is 0.910. The Morgan fingerprint density at radius 1 is 1.05 bits per heavy atom. The molecule has 0 atom stereocenters. The Morgan fingerprint density at radius 2 is 1.76 bits per heavy atom. The van der Waals surface area contributed by atoms with E-state index in [1.54, 1.807) is 54.6 Å². The van der Waals surface area contributed by atoms with E-state index in [1.807, 2.05) is 6.92 Å². The summed E-state index contributed by atoms with van der Waals surface area (Å²) in [4.78, 5) is 12.7. The number of amides is 1. The number of carbonyl (C=O) groups excluding carboxylic acids is 1. The number of halogens is 1. The number of para-hydroxylation sites is 2. The van der Waals surface area contributed by atoms with Gasteiger partial charge in [-0.05, 0) is 55.1 Å². The van der Waals surface area contributed by atoms with Crippen LogP contribution in [-0.4, -0.2) is 30.6 Å². The summed E-state index contributed by atoms with van der Waals surface area (Å²) in [5, 5.41) is 23.1. The zero-order valence-electron chi connectivity index (χ0n) is 19.8. The van der Waals surface area contributed by atoms with Crippen molar-refractivity contribution in [1.29, 1.82) is 0 Å². The molecule has 37 heavy (non-hydrogen) atoms. The van der Waals surface area contributed by atoms with Crippen LogP contribution in [0.4, 0.5) is 17.1 Å². The molecule has 0 saturated heterocycles. The molecule has 0 unspecified atom stereocenters. The number of rotatable bonds is 7. The second-order valence-electron chi connectivity index (χ2n) is 7.92. The number of fused-ring (bicyclic) bond motifs is 1. The van der Waals surface area contributed by atoms with Gasteiger partial charge < -0.3 is 15.2 Å². The number of aromatic hydroxyl groups is 1. The predicted molar refractivity (Wildman–Crippen MR) is 141 cm³/mol. The Balaban J connectivity index is 1.78. The molecule has 4 aromatic carbocycles. The molecule has 0 aromatic heterocycles. The van der Waals surface area contributed by atoms with E-state index in [-0.39, 0.29) is 27.5 Å². The second kappa shape index (κ2) is 10.6. The molecular weight excluding hydrogens is 518 g/mol. The average Bonchev–Trinajstić information content (AvgIpc) is 2.86. The molecule has 0 spiro atoms. The smallest absolute Gasteiger partial charge is 0.296 e. The molecule has 0 heterocycles. The molecule has 190 valence electrons. The molecule has 0 bridgehead atoms. The van der Waals surface area contributed by atoms with Gasteiger partial charge in [-0.3, -0.25) is 9.35 Å². The molecule has 11 heteroatoms. The van der Waals surface area contributed by atoms with Crippen LogP contribution in [0.3, 0.4) is 0 Å². The minimum Gasteiger partial charge on any atom is -0.505 e. The molecule has 0 saturated carbocycles. The lowest BCUT2D eigenvalue weighted by molar-refractivity contribution is 0.102. The third-order valence-corrected chi connectivity index (χ3v) is 7.03. The van der Waals surface area contributed by atoms with Crippen molar-refractivity contribution in [2.75, 3.05) is 11.9 Å². The number of azo groups is 1. The fourth-order valence-electron chi connectivity index (χ4n) is 3.69. The van der Waals surface area contributed by atoms with Crippen LogP contribution in [0, 0.1) is 6.92 Å². The van der Waals surface area contributed by atoms with Gasteiger partial charge in [-0.15, -0.1) is 5.11 Å². The highest BCUT2D eigenvalue weighted by molar-refractivity contribution is 7.86. The zero-order valence-corrected chi connectivity index (χ0v) is 21.3. The van der Waals surface area contributed by atoms with Crippen molar-refractivity contribution in [3.8, 4) is 11.5 Å². The van der Waals surface area contributed by atoms with E-state index in [0.29, 0.717) is 28.8 Å². The molecule has 0 radical (unpaired) electrons. The zero-order chi connectivity index (χ0) is 26.7. The molecule has 0 fully saturated rings. The maximum Gasteiger partial charge on any atom is 0.296 e. The Bertz CT molecular complexity index is 1650. The van der Waals surface area contributed by atoms with Gasteiger partial charge in [0.05, 0.1) is 28.6 Å². The Hall–Kier alpha value is -3.99. The standard InChI is InChI=1S/C26H22ClN3O6S/c1-3-36-21-11-7-6-10-20(21)28-26(32)18-14-16-8-4-5-9-17(16)24(25(18)31)30-29-19-12-13-22(37(33,34)35)23(27)15(19)2/h4-14,31H,3H2,1-2H3,(H,28,32)(H,33,34,35). The Kier molecular flexibility index (Phi) is 7.44. The molecule has 3 N–H and O–H groups in total. The number of hydrogen-bond acceptors (Lipinski definition) is 7. The number of anilines is 1. The first-order valence-corrected chi connectivity index (χ1v) is 12.9. The van der Waals surface area contributed by atoms with Crippen LogP contribution >= 0.6 is 11.6 Å². The van der Waals surface area contributed by atoms with E-state index >= 15 is 0 Å². The third-order valence-electron chi connectivity index (χ3n) is 5.53. The number of nitrogens with one attached hydrogen (secondary N) is 1. The van der Waals surface area contributed by atoms with Gasteiger partial charge in [0, 0.05) is 5.39 Å². The summed E-state index contributed by atoms with van der Waals surface area (Å²) >= 11 is 6.12. The quantitative estimate of drug-likeness (QED) is 0.174. The van der Waals surface area contributed by atoms with Gasteiger partial charge in [0.25, 0.3) is 16.0 Å². The van der Waals surface area contributed by atoms with Crippen molar-refractivity contribution >= 4 is 55.5 Å². The van der Waals surface area contributed by atoms with Gasteiger partial charge in [0.2, 0.25) is 0 Å². The van der Waals surface area contributed by atoms with Crippen molar-refractivity contribution in [2.24, 2.45) is 10.2 Å². The lowest BCUT2D eigenvalue weighted by Gasteiger charge is -2.13. The SMILES string of the molecule is CCOc1ccccc1NC(=O)c1cc2ccccc2c(N=Nc2ccc(S(=O)(=O)O)c(Cl)c2C)c1O. The first kappa shape index (κ1) is 26.1. The van der Waals surface area contributed by atoms with Gasteiger partial charge in [0.1, 0.15) is 16.3 Å². The van der Waals surface area contributed by atoms with Crippen LogP contribution in [-0.2, 0) is 10.1 Å². The Labute approximate surface area is 218 Å². The number of nitrogens with zero attached hydrogens (tertiary/aromatic N) is 2. The van der Waals surface area contributed by atoms with E-state index in [9.17, 15) is 22.9 Å². The summed E-state index contributed by atoms with van der Waals surface area (Å²) in [5.74, 6) is -0.491. The maximum absolute atomic E-state index is 13.2. The Morgan fingerprint density at radius 3 is 2.49 bits per heavy atom. The van der Waals surface area contributed by atoms with E-state index in [2.05, 4.69) is 15.5 Å². The largest absolute Gasteiger partial charge is 0.505 e. The van der Waals surface area contributed by atoms with Crippen LogP contribution < -0.4 is 10.1 Å². The van der Waals surface area contributed by atoms with Crippen molar-refractivity contribution in [1.82, 2.24) is 0 Å². The molecule has 1 amide bonds. The molecule has 0 aliphatic carbocycles. The summed E-state index contributed by atoms with van der Waals surface area (Å²) < 4.78 is 37.9. The minimum absolute atomic E-state index is 0.0320. The first-order chi connectivity index (χ1) is 17.6. The molecule has 4 rings (SSSR count). The molecule has 0 aliphatic rings. The van der Waals surface area contributed by atoms with E-state index in [4.69, 9.17) is 16.3 Å². The van der Waals surface area contributed by atoms with Gasteiger partial charge >= 0.3 is 0 Å². The average molecular weight is 540 g/mol. The van der Waals surface area contributed by atoms with Gasteiger partial charge in [-0.1, -0.05) is 48.0 Å². The van der Waals surface area contributed by atoms with Gasteiger partial charge in [0.15, 0.2) is 5.75 Å². The van der Waals surface area contributed by atoms with Crippen molar-refractivity contribution in [3.63, 3.8) is 0 Å². The highest BCUT2D eigenvalue weighted by Gasteiger charge is 2.21. The molecular formula is C26H22ClN3O6S. The number of carbonyl (C=O) groups is 1. The highest BCUT2D eigenvalue weighted by Crippen LogP contribution is 2.41. The summed E-state index contributed by atoms with van der Waals surface area (Å²) in [6, 6.07) is 17.9. The van der Waals surface area contributed by atoms with Crippen LogP contribution in [0.25, 0.3) is 10.8 Å². The van der Waals surface area contributed by atoms with Crippen molar-refractivity contribution in [3.05, 3.63) is 82.9 Å². The predicted octanol–water partition coefficient (Wildman–Crippen LogP) is 6.82. The number of ether oxygens (including phenoxy) is 1. The van der Waals surface area contributed by atoms with Crippen LogP contribution in [0.1, 0.15) is 22.8 Å². The van der Waals surface area contributed by atoms with Crippen molar-refractivity contribution < 1.29 is 27.6 Å². The summed E-state index contributed by atoms with van der Waals surface area (Å²) in [6.45, 7) is 3.76. The molecule has 4 aromatic rings. The number of phenols is 1. The van der Waals surface area contributed by atoms with E-state index < -0.39 is 26.7 Å². The van der Waals surface area contributed by atoms with Gasteiger partial charge in [-0.2, -0.15) is 13.5 Å².